The van der Waals surface area contributed by atoms with Crippen molar-refractivity contribution in [3.05, 3.63) is 48.3 Å². The van der Waals surface area contributed by atoms with E-state index in [0.29, 0.717) is 17.2 Å². The second-order valence-electron chi connectivity index (χ2n) is 7.36. The van der Waals surface area contributed by atoms with Crippen LogP contribution in [0.25, 0.3) is 28.5 Å². The van der Waals surface area contributed by atoms with Crippen LogP contribution < -0.4 is 19.3 Å². The van der Waals surface area contributed by atoms with Gasteiger partial charge < -0.3 is 14.2 Å². The second kappa shape index (κ2) is 9.58. The Labute approximate surface area is 202 Å². The van der Waals surface area contributed by atoms with E-state index in [9.17, 15) is 21.6 Å². The predicted molar refractivity (Wildman–Crippen MR) is 121 cm³/mol. The fourth-order valence-electron chi connectivity index (χ4n) is 3.37. The van der Waals surface area contributed by atoms with E-state index >= 15 is 0 Å². The molecule has 1 aromatic carbocycles. The molecule has 36 heavy (non-hydrogen) atoms. The van der Waals surface area contributed by atoms with Crippen LogP contribution >= 0.6 is 0 Å². The molecule has 0 unspecified atom stereocenters. The summed E-state index contributed by atoms with van der Waals surface area (Å²) >= 11 is 0. The van der Waals surface area contributed by atoms with Gasteiger partial charge in [-0.2, -0.15) is 13.2 Å². The Balaban J connectivity index is 1.98. The lowest BCUT2D eigenvalue weighted by atomic mass is 10.2. The van der Waals surface area contributed by atoms with Crippen molar-refractivity contribution in [2.75, 3.05) is 20.8 Å². The summed E-state index contributed by atoms with van der Waals surface area (Å²) in [6.07, 6.45) is -3.34. The Morgan fingerprint density at radius 2 is 1.67 bits per heavy atom. The Morgan fingerprint density at radius 3 is 2.28 bits per heavy atom. The quantitative estimate of drug-likeness (QED) is 0.368. The molecule has 11 nitrogen and oxygen atoms in total. The standard InChI is InChI=1S/C21H19F3N6O5S/c1-33-14-6-4-7-15(34-2)17(14)30-19(13-5-3-8-16(28-13)35-11-21(22,23)24)29-18-20(30)27-12(9-26-18)10-36(25,31)32/h3-9H,10-11H2,1-2H3,(H2,25,31,32). The summed E-state index contributed by atoms with van der Waals surface area (Å²) in [5.74, 6) is -0.0984. The lowest BCUT2D eigenvalue weighted by Crippen LogP contribution is -2.19. The van der Waals surface area contributed by atoms with Crippen LogP contribution in [0.1, 0.15) is 5.69 Å². The van der Waals surface area contributed by atoms with Gasteiger partial charge >= 0.3 is 6.18 Å². The summed E-state index contributed by atoms with van der Waals surface area (Å²) in [7, 11) is -1.06. The number of benzene rings is 1. The lowest BCUT2D eigenvalue weighted by molar-refractivity contribution is -0.154. The highest BCUT2D eigenvalue weighted by molar-refractivity contribution is 7.88. The van der Waals surface area contributed by atoms with Gasteiger partial charge in [0.1, 0.15) is 28.6 Å². The van der Waals surface area contributed by atoms with Gasteiger partial charge in [0, 0.05) is 6.07 Å². The van der Waals surface area contributed by atoms with Gasteiger partial charge in [0.25, 0.3) is 0 Å². The average molecular weight is 524 g/mol. The smallest absolute Gasteiger partial charge is 0.422 e. The highest BCUT2D eigenvalue weighted by Gasteiger charge is 2.29. The highest BCUT2D eigenvalue weighted by Crippen LogP contribution is 2.37. The number of hydrogen-bond acceptors (Lipinski definition) is 9. The fourth-order valence-corrected chi connectivity index (χ4v) is 3.93. The third-order valence-corrected chi connectivity index (χ3v) is 5.43. The van der Waals surface area contributed by atoms with E-state index in [1.807, 2.05) is 0 Å². The zero-order valence-electron chi connectivity index (χ0n) is 18.9. The number of para-hydroxylation sites is 1. The number of rotatable bonds is 8. The molecule has 0 saturated heterocycles. The molecule has 0 bridgehead atoms. The van der Waals surface area contributed by atoms with Crippen molar-refractivity contribution in [3.63, 3.8) is 0 Å². The number of nitrogens with two attached hydrogens (primary N) is 1. The van der Waals surface area contributed by atoms with E-state index in [1.165, 1.54) is 43.2 Å². The number of hydrogen-bond donors (Lipinski definition) is 1. The van der Waals surface area contributed by atoms with E-state index < -0.39 is 28.6 Å². The molecule has 0 atom stereocenters. The van der Waals surface area contributed by atoms with Gasteiger partial charge in [-0.05, 0) is 18.2 Å². The summed E-state index contributed by atoms with van der Waals surface area (Å²) in [6, 6.07) is 9.20. The number of halogens is 3. The number of methoxy groups -OCH3 is 2. The molecule has 0 aliphatic carbocycles. The van der Waals surface area contributed by atoms with Gasteiger partial charge in [0.05, 0.1) is 26.1 Å². The molecular weight excluding hydrogens is 505 g/mol. The number of ether oxygens (including phenoxy) is 3. The molecule has 3 heterocycles. The van der Waals surface area contributed by atoms with Crippen LogP contribution in [0, 0.1) is 0 Å². The topological polar surface area (TPSA) is 144 Å². The molecule has 4 rings (SSSR count). The maximum atomic E-state index is 12.6. The van der Waals surface area contributed by atoms with Crippen molar-refractivity contribution in [1.82, 2.24) is 24.5 Å². The first-order chi connectivity index (χ1) is 17.0. The van der Waals surface area contributed by atoms with Gasteiger partial charge in [-0.15, -0.1) is 0 Å². The van der Waals surface area contributed by atoms with Crippen LogP contribution in [0.2, 0.25) is 0 Å². The second-order valence-corrected chi connectivity index (χ2v) is 8.98. The number of fused-ring (bicyclic) bond motifs is 1. The molecule has 2 N–H and O–H groups in total. The number of sulfonamides is 1. The van der Waals surface area contributed by atoms with Crippen molar-refractivity contribution < 1.29 is 35.8 Å². The van der Waals surface area contributed by atoms with Crippen molar-refractivity contribution in [2.45, 2.75) is 11.9 Å². The third kappa shape index (κ3) is 5.46. The van der Waals surface area contributed by atoms with Crippen LogP contribution in [0.15, 0.2) is 42.6 Å². The van der Waals surface area contributed by atoms with E-state index in [0.717, 1.165) is 0 Å². The molecule has 4 aromatic rings. The number of pyridine rings is 1. The van der Waals surface area contributed by atoms with Gasteiger partial charge in [-0.1, -0.05) is 12.1 Å². The van der Waals surface area contributed by atoms with E-state index in [1.54, 1.807) is 18.2 Å². The van der Waals surface area contributed by atoms with Crippen LogP contribution in [0.3, 0.4) is 0 Å². The van der Waals surface area contributed by atoms with Gasteiger partial charge in [-0.25, -0.2) is 33.5 Å². The predicted octanol–water partition coefficient (Wildman–Crippen LogP) is 2.62. The van der Waals surface area contributed by atoms with Gasteiger partial charge in [0.15, 0.2) is 23.7 Å². The minimum atomic E-state index is -4.55. The molecule has 190 valence electrons. The summed E-state index contributed by atoms with van der Waals surface area (Å²) in [4.78, 5) is 17.2. The van der Waals surface area contributed by atoms with Crippen molar-refractivity contribution >= 4 is 21.3 Å². The van der Waals surface area contributed by atoms with Crippen molar-refractivity contribution in [2.24, 2.45) is 5.14 Å². The summed E-state index contributed by atoms with van der Waals surface area (Å²) in [5, 5.41) is 5.16. The molecule has 0 aliphatic rings. The van der Waals surface area contributed by atoms with Crippen LogP contribution in [0.5, 0.6) is 17.4 Å². The molecule has 0 amide bonds. The molecule has 0 radical (unpaired) electrons. The van der Waals surface area contributed by atoms with Gasteiger partial charge in [0.2, 0.25) is 15.9 Å². The van der Waals surface area contributed by atoms with E-state index in [4.69, 9.17) is 19.3 Å². The van der Waals surface area contributed by atoms with Crippen molar-refractivity contribution in [1.29, 1.82) is 0 Å². The maximum absolute atomic E-state index is 12.6. The largest absolute Gasteiger partial charge is 0.494 e. The van der Waals surface area contributed by atoms with Crippen LogP contribution in [-0.4, -0.2) is 59.9 Å². The zero-order valence-corrected chi connectivity index (χ0v) is 19.7. The minimum absolute atomic E-state index is 0.0433. The summed E-state index contributed by atoms with van der Waals surface area (Å²) in [5.41, 5.74) is 0.694. The Bertz CT molecular complexity index is 1500. The van der Waals surface area contributed by atoms with Gasteiger partial charge in [-0.3, -0.25) is 4.57 Å². The lowest BCUT2D eigenvalue weighted by Gasteiger charge is -2.16. The first kappa shape index (κ1) is 25.1. The maximum Gasteiger partial charge on any atom is 0.422 e. The number of primary sulfonamides is 1. The van der Waals surface area contributed by atoms with Crippen LogP contribution in [-0.2, 0) is 15.8 Å². The van der Waals surface area contributed by atoms with E-state index in [-0.39, 0.29) is 34.4 Å². The number of alkyl halides is 3. The first-order valence-corrected chi connectivity index (χ1v) is 11.8. The first-order valence-electron chi connectivity index (χ1n) is 10.1. The monoisotopic (exact) mass is 524 g/mol. The van der Waals surface area contributed by atoms with E-state index in [2.05, 4.69) is 19.9 Å². The van der Waals surface area contributed by atoms with Crippen molar-refractivity contribution in [3.8, 4) is 34.6 Å². The molecule has 0 fully saturated rings. The number of imidazole rings is 1. The third-order valence-electron chi connectivity index (χ3n) is 4.73. The Hall–Kier alpha value is -3.98. The fraction of sp³-hybridized carbons (Fsp3) is 0.238. The average Bonchev–Trinajstić information content (AvgIpc) is 3.19. The summed E-state index contributed by atoms with van der Waals surface area (Å²) < 4.78 is 78.4. The van der Waals surface area contributed by atoms with Crippen LogP contribution in [0.4, 0.5) is 13.2 Å². The molecule has 3 aromatic heterocycles. The molecule has 0 spiro atoms. The normalized spacial score (nSPS) is 12.1. The number of aromatic nitrogens is 5. The number of nitrogens with zero attached hydrogens (tertiary/aromatic N) is 5. The SMILES string of the molecule is COc1cccc(OC)c1-n1c(-c2cccc(OCC(F)(F)F)n2)nc2ncc(CS(N)(=O)=O)nc21. The molecule has 15 heteroatoms. The zero-order chi connectivity index (χ0) is 26.1. The molecule has 0 aliphatic heterocycles. The highest BCUT2D eigenvalue weighted by atomic mass is 32.2. The minimum Gasteiger partial charge on any atom is -0.494 e. The Kier molecular flexibility index (Phi) is 6.69. The molecule has 0 saturated carbocycles. The summed E-state index contributed by atoms with van der Waals surface area (Å²) in [6.45, 7) is -1.53. The molecular formula is C21H19F3N6O5S. The Morgan fingerprint density at radius 1 is 1.00 bits per heavy atom.